The van der Waals surface area contributed by atoms with Gasteiger partial charge in [-0.25, -0.2) is 0 Å². The number of aliphatic hydroxyl groups is 1. The van der Waals surface area contributed by atoms with Crippen LogP contribution in [0.3, 0.4) is 0 Å². The van der Waals surface area contributed by atoms with E-state index in [2.05, 4.69) is 10.3 Å². The summed E-state index contributed by atoms with van der Waals surface area (Å²) in [7, 11) is 0. The van der Waals surface area contributed by atoms with Gasteiger partial charge in [-0.2, -0.15) is 4.99 Å². The van der Waals surface area contributed by atoms with Crippen LogP contribution < -0.4 is 22.5 Å². The molecule has 0 bridgehead atoms. The zero-order valence-corrected chi connectivity index (χ0v) is 5.20. The van der Waals surface area contributed by atoms with E-state index in [1.54, 1.807) is 0 Å². The number of hydrogen-bond donors (Lipinski definition) is 5. The van der Waals surface area contributed by atoms with Crippen LogP contribution >= 0.6 is 0 Å². The Bertz CT molecular complexity index is 206. The van der Waals surface area contributed by atoms with Gasteiger partial charge in [-0.05, 0) is 0 Å². The molecule has 0 saturated carbocycles. The van der Waals surface area contributed by atoms with E-state index in [4.69, 9.17) is 22.3 Å². The van der Waals surface area contributed by atoms with Crippen LogP contribution in [0.2, 0.25) is 0 Å². The lowest BCUT2D eigenvalue weighted by Gasteiger charge is -2.24. The Morgan fingerprint density at radius 1 is 1.60 bits per heavy atom. The Morgan fingerprint density at radius 2 is 2.20 bits per heavy atom. The van der Waals surface area contributed by atoms with Crippen molar-refractivity contribution in [3.63, 3.8) is 0 Å². The number of nitrogens with zero attached hydrogens (tertiary/aromatic N) is 1. The largest absolute Gasteiger partial charge is 0.385 e. The molecule has 0 aliphatic carbocycles. The smallest absolute Gasteiger partial charge is 0.298 e. The summed E-state index contributed by atoms with van der Waals surface area (Å²) in [5.74, 6) is -1.57. The van der Waals surface area contributed by atoms with Crippen molar-refractivity contribution in [2.45, 2.75) is 5.97 Å². The molecule has 56 valence electrons. The molecule has 1 aliphatic rings. The van der Waals surface area contributed by atoms with Gasteiger partial charge in [0.1, 0.15) is 11.7 Å². The summed E-state index contributed by atoms with van der Waals surface area (Å²) in [6.07, 6.45) is 1.36. The molecule has 0 radical (unpaired) electrons. The zero-order valence-electron chi connectivity index (χ0n) is 5.20. The molecule has 0 aromatic carbocycles. The molecule has 0 saturated heterocycles. The van der Waals surface area contributed by atoms with E-state index in [1.165, 1.54) is 6.08 Å². The van der Waals surface area contributed by atoms with Crippen molar-refractivity contribution in [2.24, 2.45) is 22.2 Å². The van der Waals surface area contributed by atoms with Crippen LogP contribution in [0, 0.1) is 0 Å². The summed E-state index contributed by atoms with van der Waals surface area (Å²) >= 11 is 0. The Kier molecular flexibility index (Phi) is 1.27. The van der Waals surface area contributed by atoms with Crippen LogP contribution in [-0.4, -0.2) is 16.9 Å². The maximum Gasteiger partial charge on any atom is 0.298 e. The molecule has 10 heavy (non-hydrogen) atoms. The maximum atomic E-state index is 8.99. The van der Waals surface area contributed by atoms with Crippen LogP contribution in [-0.2, 0) is 0 Å². The zero-order chi connectivity index (χ0) is 7.78. The highest BCUT2D eigenvalue weighted by Crippen LogP contribution is 1.99. The Labute approximate surface area is 57.4 Å². The number of rotatable bonds is 0. The van der Waals surface area contributed by atoms with Crippen molar-refractivity contribution < 1.29 is 5.11 Å². The fraction of sp³-hybridized carbons (Fsp3) is 0.250. The van der Waals surface area contributed by atoms with E-state index in [0.717, 1.165) is 0 Å². The van der Waals surface area contributed by atoms with Gasteiger partial charge in [0.25, 0.3) is 5.97 Å². The molecule has 0 spiro atoms. The first kappa shape index (κ1) is 6.84. The number of nitrogens with two attached hydrogens (primary N) is 3. The minimum atomic E-state index is -1.86. The molecule has 8 N–H and O–H groups in total. The van der Waals surface area contributed by atoms with Gasteiger partial charge in [0, 0.05) is 6.08 Å². The minimum Gasteiger partial charge on any atom is -0.385 e. The third kappa shape index (κ3) is 1.36. The van der Waals surface area contributed by atoms with Crippen molar-refractivity contribution in [3.8, 4) is 0 Å². The third-order valence-corrected chi connectivity index (χ3v) is 0.931. The van der Waals surface area contributed by atoms with E-state index >= 15 is 0 Å². The predicted octanol–water partition coefficient (Wildman–Crippen LogP) is -2.69. The first-order valence-electron chi connectivity index (χ1n) is 2.61. The van der Waals surface area contributed by atoms with Crippen LogP contribution in [0.5, 0.6) is 0 Å². The maximum absolute atomic E-state index is 8.99. The van der Waals surface area contributed by atoms with Crippen molar-refractivity contribution in [1.29, 1.82) is 0 Å². The first-order chi connectivity index (χ1) is 4.49. The monoisotopic (exact) mass is 143 g/mol. The quantitative estimate of drug-likeness (QED) is 0.236. The molecular formula is C4H9N5O. The molecule has 6 heteroatoms. The van der Waals surface area contributed by atoms with E-state index in [1.807, 2.05) is 0 Å². The fourth-order valence-electron chi connectivity index (χ4n) is 0.665. The summed E-state index contributed by atoms with van der Waals surface area (Å²) in [6, 6.07) is 0. The third-order valence-electron chi connectivity index (χ3n) is 0.931. The Balaban J connectivity index is 2.88. The van der Waals surface area contributed by atoms with Gasteiger partial charge in [-0.3, -0.25) is 5.73 Å². The van der Waals surface area contributed by atoms with Crippen molar-refractivity contribution >= 4 is 5.84 Å². The summed E-state index contributed by atoms with van der Waals surface area (Å²) in [5, 5.41) is 11.3. The van der Waals surface area contributed by atoms with Gasteiger partial charge < -0.3 is 21.9 Å². The van der Waals surface area contributed by atoms with E-state index in [9.17, 15) is 0 Å². The molecule has 1 atom stereocenters. The highest BCUT2D eigenvalue weighted by Gasteiger charge is 2.22. The van der Waals surface area contributed by atoms with E-state index in [-0.39, 0.29) is 11.7 Å². The molecule has 1 unspecified atom stereocenters. The minimum absolute atomic E-state index is 0.0984. The van der Waals surface area contributed by atoms with E-state index < -0.39 is 5.97 Å². The van der Waals surface area contributed by atoms with Gasteiger partial charge in [-0.1, -0.05) is 0 Å². The van der Waals surface area contributed by atoms with Gasteiger partial charge in [0.2, 0.25) is 0 Å². The van der Waals surface area contributed by atoms with Gasteiger partial charge in [-0.15, -0.1) is 0 Å². The standard InChI is InChI=1S/C4H9N5O/c5-2-1-3(6)9-4(7,10)8-2/h1,8,10H,5,7H2,(H2,6,9). The first-order valence-corrected chi connectivity index (χ1v) is 2.61. The average molecular weight is 143 g/mol. The molecule has 0 amide bonds. The summed E-state index contributed by atoms with van der Waals surface area (Å²) in [4.78, 5) is 3.43. The molecule has 0 aromatic heterocycles. The highest BCUT2D eigenvalue weighted by molar-refractivity contribution is 5.92. The normalized spacial score (nSPS) is 32.2. The second kappa shape index (κ2) is 1.86. The fourth-order valence-corrected chi connectivity index (χ4v) is 0.665. The van der Waals surface area contributed by atoms with Crippen LogP contribution in [0.4, 0.5) is 0 Å². The average Bonchev–Trinajstić information content (AvgIpc) is 1.54. The van der Waals surface area contributed by atoms with Crippen molar-refractivity contribution in [2.75, 3.05) is 0 Å². The second-order valence-electron chi connectivity index (χ2n) is 1.99. The lowest BCUT2D eigenvalue weighted by molar-refractivity contribution is 0.0291. The molecule has 0 aromatic rings. The molecule has 1 heterocycles. The summed E-state index contributed by atoms with van der Waals surface area (Å²) < 4.78 is 0. The highest BCUT2D eigenvalue weighted by atomic mass is 16.3. The SMILES string of the molecule is NC1=CC(N)=NC(N)(O)N1. The Hall–Kier alpha value is -1.27. The van der Waals surface area contributed by atoms with Gasteiger partial charge in [0.15, 0.2) is 0 Å². The van der Waals surface area contributed by atoms with Crippen LogP contribution in [0.1, 0.15) is 0 Å². The number of nitrogens with one attached hydrogen (secondary N) is 1. The molecular weight excluding hydrogens is 134 g/mol. The van der Waals surface area contributed by atoms with Crippen LogP contribution in [0.25, 0.3) is 0 Å². The van der Waals surface area contributed by atoms with Crippen molar-refractivity contribution in [1.82, 2.24) is 5.32 Å². The lowest BCUT2D eigenvalue weighted by Crippen LogP contribution is -2.55. The predicted molar refractivity (Wildman–Crippen MR) is 36.2 cm³/mol. The number of amidine groups is 1. The number of hydrogen-bond acceptors (Lipinski definition) is 6. The summed E-state index contributed by atoms with van der Waals surface area (Å²) in [6.45, 7) is 0. The van der Waals surface area contributed by atoms with Gasteiger partial charge in [0.05, 0.1) is 0 Å². The molecule has 1 rings (SSSR count). The second-order valence-corrected chi connectivity index (χ2v) is 1.99. The molecule has 0 fully saturated rings. The molecule has 1 aliphatic heterocycles. The Morgan fingerprint density at radius 3 is 2.60 bits per heavy atom. The lowest BCUT2D eigenvalue weighted by atomic mass is 10.4. The van der Waals surface area contributed by atoms with Gasteiger partial charge >= 0.3 is 0 Å². The molecule has 6 nitrogen and oxygen atoms in total. The summed E-state index contributed by atoms with van der Waals surface area (Å²) in [5.41, 5.74) is 15.6. The number of aliphatic imine (C=N–C) groups is 1. The van der Waals surface area contributed by atoms with Crippen LogP contribution in [0.15, 0.2) is 16.9 Å². The van der Waals surface area contributed by atoms with Crippen molar-refractivity contribution in [3.05, 3.63) is 11.9 Å². The topological polar surface area (TPSA) is 123 Å². The van der Waals surface area contributed by atoms with E-state index in [0.29, 0.717) is 0 Å².